The number of halogens is 1. The highest BCUT2D eigenvalue weighted by atomic mass is 35.5. The summed E-state index contributed by atoms with van der Waals surface area (Å²) in [6.45, 7) is 0. The Morgan fingerprint density at radius 3 is 2.70 bits per heavy atom. The Bertz CT molecular complexity index is 743. The molecule has 0 aliphatic heterocycles. The number of carbonyl (C=O) groups excluding carboxylic acids is 1. The normalized spacial score (nSPS) is 12.8. The van der Waals surface area contributed by atoms with Crippen LogP contribution >= 0.6 is 11.6 Å². The number of nitriles is 1. The van der Waals surface area contributed by atoms with E-state index < -0.39 is 18.1 Å². The van der Waals surface area contributed by atoms with E-state index in [1.54, 1.807) is 48.5 Å². The quantitative estimate of drug-likeness (QED) is 0.883. The number of hydrogen-bond acceptors (Lipinski definition) is 4. The number of hydrogen-bond donors (Lipinski definition) is 2. The van der Waals surface area contributed by atoms with Crippen LogP contribution in [0.1, 0.15) is 23.3 Å². The lowest BCUT2D eigenvalue weighted by Crippen LogP contribution is -2.32. The molecular formula is C17H15ClN2O3. The van der Waals surface area contributed by atoms with Gasteiger partial charge in [-0.3, -0.25) is 4.79 Å². The highest BCUT2D eigenvalue weighted by Crippen LogP contribution is 2.24. The van der Waals surface area contributed by atoms with Gasteiger partial charge in [0.25, 0.3) is 5.91 Å². The summed E-state index contributed by atoms with van der Waals surface area (Å²) in [6.07, 6.45) is -1.41. The van der Waals surface area contributed by atoms with Gasteiger partial charge in [0, 0.05) is 10.6 Å². The van der Waals surface area contributed by atoms with E-state index in [2.05, 4.69) is 5.32 Å². The maximum atomic E-state index is 12.2. The Hall–Kier alpha value is -2.55. The Kier molecular flexibility index (Phi) is 5.58. The minimum absolute atomic E-state index is 0.371. The summed E-state index contributed by atoms with van der Waals surface area (Å²) >= 11 is 6.04. The lowest BCUT2D eigenvalue weighted by Gasteiger charge is -2.17. The van der Waals surface area contributed by atoms with Gasteiger partial charge in [-0.2, -0.15) is 5.26 Å². The molecule has 0 bridgehead atoms. The van der Waals surface area contributed by atoms with Gasteiger partial charge in [-0.1, -0.05) is 41.9 Å². The number of nitrogens with zero attached hydrogens (tertiary/aromatic N) is 1. The molecule has 0 aromatic heterocycles. The van der Waals surface area contributed by atoms with Crippen molar-refractivity contribution in [3.05, 3.63) is 64.7 Å². The number of amides is 1. The summed E-state index contributed by atoms with van der Waals surface area (Å²) < 4.78 is 5.06. The SMILES string of the molecule is COc1cccc([C@@H](O)C(=O)N[C@@H](C#N)c2ccccc2Cl)c1. The van der Waals surface area contributed by atoms with E-state index in [9.17, 15) is 15.2 Å². The zero-order valence-electron chi connectivity index (χ0n) is 12.4. The highest BCUT2D eigenvalue weighted by Gasteiger charge is 2.23. The Balaban J connectivity index is 2.16. The summed E-state index contributed by atoms with van der Waals surface area (Å²) in [5, 5.41) is 22.3. The number of ether oxygens (including phenoxy) is 1. The van der Waals surface area contributed by atoms with Gasteiger partial charge in [0.05, 0.1) is 13.2 Å². The fourth-order valence-electron chi connectivity index (χ4n) is 2.07. The molecule has 2 rings (SSSR count). The van der Waals surface area contributed by atoms with Gasteiger partial charge in [-0.25, -0.2) is 0 Å². The predicted molar refractivity (Wildman–Crippen MR) is 85.9 cm³/mol. The number of nitrogens with one attached hydrogen (secondary N) is 1. The van der Waals surface area contributed by atoms with Crippen LogP contribution in [0.2, 0.25) is 5.02 Å². The van der Waals surface area contributed by atoms with Crippen LogP contribution in [0.15, 0.2) is 48.5 Å². The van der Waals surface area contributed by atoms with Crippen LogP contribution in [0.25, 0.3) is 0 Å². The maximum absolute atomic E-state index is 12.2. The van der Waals surface area contributed by atoms with Crippen LogP contribution in [0.3, 0.4) is 0 Å². The molecule has 118 valence electrons. The van der Waals surface area contributed by atoms with Crippen LogP contribution in [-0.4, -0.2) is 18.1 Å². The summed E-state index contributed by atoms with van der Waals surface area (Å²) in [5.74, 6) is -0.165. The van der Waals surface area contributed by atoms with Crippen molar-refractivity contribution in [2.45, 2.75) is 12.1 Å². The van der Waals surface area contributed by atoms with E-state index in [4.69, 9.17) is 16.3 Å². The number of rotatable bonds is 5. The molecule has 0 saturated heterocycles. The third-order valence-electron chi connectivity index (χ3n) is 3.29. The van der Waals surface area contributed by atoms with E-state index in [1.807, 2.05) is 6.07 Å². The highest BCUT2D eigenvalue weighted by molar-refractivity contribution is 6.31. The van der Waals surface area contributed by atoms with Gasteiger partial charge < -0.3 is 15.2 Å². The van der Waals surface area contributed by atoms with E-state index >= 15 is 0 Å². The first-order valence-electron chi connectivity index (χ1n) is 6.83. The second-order valence-electron chi connectivity index (χ2n) is 4.77. The zero-order chi connectivity index (χ0) is 16.8. The van der Waals surface area contributed by atoms with Crippen LogP contribution in [0, 0.1) is 11.3 Å². The number of aliphatic hydroxyl groups is 1. The third-order valence-corrected chi connectivity index (χ3v) is 3.63. The minimum Gasteiger partial charge on any atom is -0.497 e. The standard InChI is InChI=1S/C17H15ClN2O3/c1-23-12-6-4-5-11(9-12)16(21)17(22)20-15(10-19)13-7-2-3-8-14(13)18/h2-9,15-16,21H,1H3,(H,20,22)/t15-,16+/m0/s1. The van der Waals surface area contributed by atoms with Crippen molar-refractivity contribution in [1.29, 1.82) is 5.26 Å². The van der Waals surface area contributed by atoms with E-state index in [0.717, 1.165) is 0 Å². The first-order chi connectivity index (χ1) is 11.1. The molecule has 0 aliphatic carbocycles. The summed E-state index contributed by atoms with van der Waals surface area (Å²) in [5.41, 5.74) is 0.848. The molecule has 0 spiro atoms. The van der Waals surface area contributed by atoms with Crippen molar-refractivity contribution in [2.75, 3.05) is 7.11 Å². The molecule has 2 atom stereocenters. The van der Waals surface area contributed by atoms with Crippen molar-refractivity contribution < 1.29 is 14.6 Å². The predicted octanol–water partition coefficient (Wildman–Crippen LogP) is 2.76. The van der Waals surface area contributed by atoms with E-state index in [1.165, 1.54) is 7.11 Å². The molecule has 0 heterocycles. The van der Waals surface area contributed by atoms with E-state index in [0.29, 0.717) is 21.9 Å². The molecule has 5 nitrogen and oxygen atoms in total. The summed E-state index contributed by atoms with van der Waals surface area (Å²) in [6, 6.07) is 14.3. The first-order valence-corrected chi connectivity index (χ1v) is 7.21. The molecular weight excluding hydrogens is 316 g/mol. The number of aliphatic hydroxyl groups excluding tert-OH is 1. The van der Waals surface area contributed by atoms with Crippen molar-refractivity contribution in [2.24, 2.45) is 0 Å². The van der Waals surface area contributed by atoms with E-state index in [-0.39, 0.29) is 0 Å². The molecule has 23 heavy (non-hydrogen) atoms. The van der Waals surface area contributed by atoms with Crippen LogP contribution in [0.5, 0.6) is 5.75 Å². The lowest BCUT2D eigenvalue weighted by molar-refractivity contribution is -0.130. The number of methoxy groups -OCH3 is 1. The maximum Gasteiger partial charge on any atom is 0.254 e. The van der Waals surface area contributed by atoms with Crippen molar-refractivity contribution >= 4 is 17.5 Å². The third kappa shape index (κ3) is 4.01. The monoisotopic (exact) mass is 330 g/mol. The second-order valence-corrected chi connectivity index (χ2v) is 5.18. The molecule has 6 heteroatoms. The fraction of sp³-hybridized carbons (Fsp3) is 0.176. The number of carbonyl (C=O) groups is 1. The number of benzene rings is 2. The largest absolute Gasteiger partial charge is 0.497 e. The molecule has 0 radical (unpaired) electrons. The second kappa shape index (κ2) is 7.63. The Morgan fingerprint density at radius 1 is 1.30 bits per heavy atom. The fourth-order valence-corrected chi connectivity index (χ4v) is 2.32. The van der Waals surface area contributed by atoms with Crippen molar-refractivity contribution in [3.8, 4) is 11.8 Å². The van der Waals surface area contributed by atoms with Crippen LogP contribution in [0.4, 0.5) is 0 Å². The molecule has 0 fully saturated rings. The molecule has 1 amide bonds. The first kappa shape index (κ1) is 16.8. The van der Waals surface area contributed by atoms with Crippen LogP contribution in [-0.2, 0) is 4.79 Å². The molecule has 2 aromatic carbocycles. The van der Waals surface area contributed by atoms with Crippen molar-refractivity contribution in [1.82, 2.24) is 5.32 Å². The average molecular weight is 331 g/mol. The summed E-state index contributed by atoms with van der Waals surface area (Å²) in [4.78, 5) is 12.2. The average Bonchev–Trinajstić information content (AvgIpc) is 2.59. The smallest absolute Gasteiger partial charge is 0.254 e. The van der Waals surface area contributed by atoms with Gasteiger partial charge in [-0.15, -0.1) is 0 Å². The van der Waals surface area contributed by atoms with Gasteiger partial charge >= 0.3 is 0 Å². The zero-order valence-corrected chi connectivity index (χ0v) is 13.1. The Labute approximate surface area is 139 Å². The van der Waals surface area contributed by atoms with Gasteiger partial charge in [0.1, 0.15) is 11.8 Å². The summed E-state index contributed by atoms with van der Waals surface area (Å²) in [7, 11) is 1.49. The molecule has 0 unspecified atom stereocenters. The molecule has 2 aromatic rings. The topological polar surface area (TPSA) is 82.3 Å². The Morgan fingerprint density at radius 2 is 2.04 bits per heavy atom. The molecule has 2 N–H and O–H groups in total. The lowest BCUT2D eigenvalue weighted by atomic mass is 10.1. The van der Waals surface area contributed by atoms with Crippen LogP contribution < -0.4 is 10.1 Å². The van der Waals surface area contributed by atoms with Gasteiger partial charge in [0.2, 0.25) is 0 Å². The van der Waals surface area contributed by atoms with Gasteiger partial charge in [0.15, 0.2) is 6.10 Å². The van der Waals surface area contributed by atoms with Gasteiger partial charge in [-0.05, 0) is 23.8 Å². The minimum atomic E-state index is -1.41. The molecule has 0 saturated carbocycles. The van der Waals surface area contributed by atoms with Crippen molar-refractivity contribution in [3.63, 3.8) is 0 Å². The molecule has 0 aliphatic rings.